The van der Waals surface area contributed by atoms with Crippen LogP contribution in [0.4, 0.5) is 0 Å². The molecule has 0 aliphatic heterocycles. The number of thiophene rings is 1. The molecule has 1 aliphatic rings. The first-order chi connectivity index (χ1) is 9.13. The fraction of sp³-hybridized carbons (Fsp3) is 0.538. The third-order valence-corrected chi connectivity index (χ3v) is 3.86. The summed E-state index contributed by atoms with van der Waals surface area (Å²) < 4.78 is 0. The molecule has 0 saturated heterocycles. The highest BCUT2D eigenvalue weighted by atomic mass is 32.1. The van der Waals surface area contributed by atoms with Crippen LogP contribution in [0.15, 0.2) is 17.5 Å². The van der Waals surface area contributed by atoms with E-state index in [0.717, 1.165) is 17.7 Å². The van der Waals surface area contributed by atoms with Crippen LogP contribution >= 0.6 is 11.3 Å². The van der Waals surface area contributed by atoms with Crippen molar-refractivity contribution in [3.8, 4) is 0 Å². The van der Waals surface area contributed by atoms with Crippen molar-refractivity contribution in [3.63, 3.8) is 0 Å². The summed E-state index contributed by atoms with van der Waals surface area (Å²) in [6.07, 6.45) is 2.29. The Balaban J connectivity index is 1.74. The number of hydrogen-bond donors (Lipinski definition) is 2. The van der Waals surface area contributed by atoms with Gasteiger partial charge in [0.25, 0.3) is 0 Å². The van der Waals surface area contributed by atoms with E-state index >= 15 is 0 Å². The van der Waals surface area contributed by atoms with Gasteiger partial charge in [0.2, 0.25) is 5.91 Å². The topological polar surface area (TPSA) is 69.6 Å². The van der Waals surface area contributed by atoms with E-state index in [2.05, 4.69) is 5.32 Å². The summed E-state index contributed by atoms with van der Waals surface area (Å²) in [7, 11) is 0. The zero-order valence-corrected chi connectivity index (χ0v) is 11.5. The molecule has 1 saturated carbocycles. The van der Waals surface area contributed by atoms with E-state index in [0.29, 0.717) is 19.0 Å². The molecule has 5 nitrogen and oxygen atoms in total. The van der Waals surface area contributed by atoms with Crippen LogP contribution in [0.1, 0.15) is 17.7 Å². The van der Waals surface area contributed by atoms with E-state index < -0.39 is 5.97 Å². The molecule has 0 bridgehead atoms. The Kier molecular flexibility index (Phi) is 4.93. The van der Waals surface area contributed by atoms with Crippen LogP contribution in [-0.4, -0.2) is 41.5 Å². The van der Waals surface area contributed by atoms with Crippen LogP contribution in [0.25, 0.3) is 0 Å². The molecule has 2 N–H and O–H groups in total. The van der Waals surface area contributed by atoms with Gasteiger partial charge in [0.1, 0.15) is 0 Å². The van der Waals surface area contributed by atoms with E-state index in [4.69, 9.17) is 5.11 Å². The molecular formula is C13H18N2O3S. The Morgan fingerprint density at radius 2 is 2.21 bits per heavy atom. The Bertz CT molecular complexity index is 429. The van der Waals surface area contributed by atoms with Gasteiger partial charge in [-0.3, -0.25) is 14.5 Å². The maximum absolute atomic E-state index is 11.8. The van der Waals surface area contributed by atoms with Gasteiger partial charge in [0, 0.05) is 11.4 Å². The largest absolute Gasteiger partial charge is 0.480 e. The molecule has 0 aromatic carbocycles. The summed E-state index contributed by atoms with van der Waals surface area (Å²) in [6.45, 7) is 1.32. The fourth-order valence-corrected chi connectivity index (χ4v) is 2.54. The van der Waals surface area contributed by atoms with Gasteiger partial charge in [-0.05, 0) is 30.2 Å². The van der Waals surface area contributed by atoms with Gasteiger partial charge in [-0.25, -0.2) is 0 Å². The monoisotopic (exact) mass is 282 g/mol. The summed E-state index contributed by atoms with van der Waals surface area (Å²) in [5.74, 6) is -0.425. The lowest BCUT2D eigenvalue weighted by Gasteiger charge is -2.19. The molecule has 6 heteroatoms. The molecule has 1 amide bonds. The first-order valence-corrected chi connectivity index (χ1v) is 7.24. The highest BCUT2D eigenvalue weighted by Crippen LogP contribution is 2.29. The molecule has 19 heavy (non-hydrogen) atoms. The van der Waals surface area contributed by atoms with Crippen molar-refractivity contribution in [3.05, 3.63) is 22.4 Å². The van der Waals surface area contributed by atoms with E-state index in [-0.39, 0.29) is 19.0 Å². The lowest BCUT2D eigenvalue weighted by Crippen LogP contribution is -2.40. The standard InChI is InChI=1S/C13H18N2O3S/c16-12(14-6-11-2-1-5-19-11)8-15(9-13(17)18)7-10-3-4-10/h1-2,5,10H,3-4,6-9H2,(H,14,16)(H,17,18). The highest BCUT2D eigenvalue weighted by Gasteiger charge is 2.26. The van der Waals surface area contributed by atoms with Crippen LogP contribution in [-0.2, 0) is 16.1 Å². The number of carboxylic acid groups (broad SMARTS) is 1. The van der Waals surface area contributed by atoms with Crippen LogP contribution < -0.4 is 5.32 Å². The summed E-state index contributed by atoms with van der Waals surface area (Å²) in [6, 6.07) is 3.90. The lowest BCUT2D eigenvalue weighted by molar-refractivity contribution is -0.138. The van der Waals surface area contributed by atoms with E-state index in [1.165, 1.54) is 0 Å². The molecule has 1 aromatic rings. The number of aliphatic carboxylic acids is 1. The second-order valence-corrected chi connectivity index (χ2v) is 5.90. The average Bonchev–Trinajstić information content (AvgIpc) is 2.99. The number of amides is 1. The van der Waals surface area contributed by atoms with E-state index in [1.54, 1.807) is 16.2 Å². The molecule has 104 valence electrons. The first kappa shape index (κ1) is 14.0. The minimum Gasteiger partial charge on any atom is -0.480 e. The zero-order chi connectivity index (χ0) is 13.7. The number of carbonyl (C=O) groups is 2. The van der Waals surface area contributed by atoms with E-state index in [1.807, 2.05) is 17.5 Å². The van der Waals surface area contributed by atoms with Gasteiger partial charge in [-0.1, -0.05) is 6.07 Å². The quantitative estimate of drug-likeness (QED) is 0.751. The number of nitrogens with one attached hydrogen (secondary N) is 1. The van der Waals surface area contributed by atoms with Crippen LogP contribution in [0.3, 0.4) is 0 Å². The second kappa shape index (κ2) is 6.68. The minimum atomic E-state index is -0.883. The maximum atomic E-state index is 11.8. The summed E-state index contributed by atoms with van der Waals surface area (Å²) >= 11 is 1.59. The van der Waals surface area contributed by atoms with Crippen molar-refractivity contribution in [1.82, 2.24) is 10.2 Å². The summed E-state index contributed by atoms with van der Waals surface area (Å²) in [5.41, 5.74) is 0. The van der Waals surface area contributed by atoms with Gasteiger partial charge >= 0.3 is 5.97 Å². The van der Waals surface area contributed by atoms with Crippen molar-refractivity contribution in [2.24, 2.45) is 5.92 Å². The second-order valence-electron chi connectivity index (χ2n) is 4.86. The molecule has 2 rings (SSSR count). The fourth-order valence-electron chi connectivity index (χ4n) is 1.90. The maximum Gasteiger partial charge on any atom is 0.317 e. The van der Waals surface area contributed by atoms with E-state index in [9.17, 15) is 9.59 Å². The van der Waals surface area contributed by atoms with Crippen LogP contribution in [0, 0.1) is 5.92 Å². The predicted octanol–water partition coefficient (Wildman–Crippen LogP) is 1.16. The molecule has 0 radical (unpaired) electrons. The van der Waals surface area contributed by atoms with Crippen molar-refractivity contribution in [1.29, 1.82) is 0 Å². The van der Waals surface area contributed by atoms with Crippen molar-refractivity contribution < 1.29 is 14.7 Å². The Hall–Kier alpha value is -1.40. The van der Waals surface area contributed by atoms with Gasteiger partial charge in [0.15, 0.2) is 0 Å². The first-order valence-electron chi connectivity index (χ1n) is 6.36. The number of carbonyl (C=O) groups excluding carboxylic acids is 1. The molecular weight excluding hydrogens is 264 g/mol. The SMILES string of the molecule is O=C(O)CN(CC(=O)NCc1cccs1)CC1CC1. The minimum absolute atomic E-state index is 0.0665. The smallest absolute Gasteiger partial charge is 0.317 e. The summed E-state index contributed by atoms with van der Waals surface area (Å²) in [4.78, 5) is 25.4. The molecule has 1 aromatic heterocycles. The van der Waals surface area contributed by atoms with Crippen molar-refractivity contribution in [2.75, 3.05) is 19.6 Å². The molecule has 0 spiro atoms. The molecule has 1 heterocycles. The Labute approximate surface area is 116 Å². The number of nitrogens with zero attached hydrogens (tertiary/aromatic N) is 1. The molecule has 0 atom stereocenters. The normalized spacial score (nSPS) is 14.6. The highest BCUT2D eigenvalue weighted by molar-refractivity contribution is 7.09. The molecule has 1 fully saturated rings. The van der Waals surface area contributed by atoms with Gasteiger partial charge < -0.3 is 10.4 Å². The average molecular weight is 282 g/mol. The third-order valence-electron chi connectivity index (χ3n) is 2.98. The van der Waals surface area contributed by atoms with Gasteiger partial charge in [-0.2, -0.15) is 0 Å². The Morgan fingerprint density at radius 3 is 2.79 bits per heavy atom. The molecule has 0 unspecified atom stereocenters. The Morgan fingerprint density at radius 1 is 1.42 bits per heavy atom. The van der Waals surface area contributed by atoms with Crippen molar-refractivity contribution in [2.45, 2.75) is 19.4 Å². The van der Waals surface area contributed by atoms with Gasteiger partial charge in [0.05, 0.1) is 19.6 Å². The number of carboxylic acids is 1. The lowest BCUT2D eigenvalue weighted by atomic mass is 10.3. The zero-order valence-electron chi connectivity index (χ0n) is 10.7. The van der Waals surface area contributed by atoms with Crippen LogP contribution in [0.2, 0.25) is 0 Å². The third kappa shape index (κ3) is 5.40. The van der Waals surface area contributed by atoms with Crippen molar-refractivity contribution >= 4 is 23.2 Å². The predicted molar refractivity (Wildman–Crippen MR) is 73.0 cm³/mol. The number of hydrogen-bond acceptors (Lipinski definition) is 4. The molecule has 1 aliphatic carbocycles. The van der Waals surface area contributed by atoms with Crippen LogP contribution in [0.5, 0.6) is 0 Å². The number of rotatable bonds is 8. The van der Waals surface area contributed by atoms with Gasteiger partial charge in [-0.15, -0.1) is 11.3 Å². The summed E-state index contributed by atoms with van der Waals surface area (Å²) in [5, 5.41) is 13.6.